The number of halogens is 3. The topological polar surface area (TPSA) is 99.6 Å². The van der Waals surface area contributed by atoms with Crippen LogP contribution in [-0.4, -0.2) is 20.8 Å². The smallest absolute Gasteiger partial charge is 0.282 e. The van der Waals surface area contributed by atoms with E-state index in [2.05, 4.69) is 57.9 Å². The van der Waals surface area contributed by atoms with Crippen molar-refractivity contribution in [3.8, 4) is 5.75 Å². The Morgan fingerprint density at radius 1 is 1.11 bits per heavy atom. The van der Waals surface area contributed by atoms with Crippen molar-refractivity contribution in [2.75, 3.05) is 0 Å². The summed E-state index contributed by atoms with van der Waals surface area (Å²) in [5, 5.41) is 15.9. The number of ether oxygens (including phenoxy) is 1. The number of hydrogen-bond acceptors (Lipinski definition) is 6. The molecule has 0 atom stereocenters. The molecular weight excluding hydrogens is 660 g/mol. The minimum atomic E-state index is -0.440. The Bertz CT molecular complexity index is 1530. The van der Waals surface area contributed by atoms with E-state index in [0.29, 0.717) is 43.4 Å². The normalized spacial score (nSPS) is 11.3. The fourth-order valence-corrected chi connectivity index (χ4v) is 5.34. The SMILES string of the molecule is CCCc1nc2ccc(Br)cc2c(=O)n1N=Cc1cc(Br)c(OCc2cccc([N+](=O)[O-])c2)c(Br)c1. The third-order valence-corrected chi connectivity index (χ3v) is 6.87. The number of nitro benzene ring substituents is 1. The highest BCUT2D eigenvalue weighted by Gasteiger charge is 2.13. The van der Waals surface area contributed by atoms with Crippen molar-refractivity contribution in [1.29, 1.82) is 0 Å². The van der Waals surface area contributed by atoms with Crippen LogP contribution >= 0.6 is 47.8 Å². The zero-order valence-electron chi connectivity index (χ0n) is 19.0. The van der Waals surface area contributed by atoms with E-state index in [1.807, 2.05) is 31.2 Å². The number of rotatable bonds is 8. The lowest BCUT2D eigenvalue weighted by atomic mass is 10.2. The predicted molar refractivity (Wildman–Crippen MR) is 150 cm³/mol. The lowest BCUT2D eigenvalue weighted by Gasteiger charge is -2.12. The van der Waals surface area contributed by atoms with Crippen LogP contribution in [0, 0.1) is 10.1 Å². The van der Waals surface area contributed by atoms with Gasteiger partial charge in [0.15, 0.2) is 0 Å². The number of aryl methyl sites for hydroxylation is 1. The Hall–Kier alpha value is -2.89. The van der Waals surface area contributed by atoms with Crippen LogP contribution in [0.5, 0.6) is 5.75 Å². The van der Waals surface area contributed by atoms with Crippen molar-refractivity contribution in [2.24, 2.45) is 5.10 Å². The average molecular weight is 679 g/mol. The van der Waals surface area contributed by atoms with Crippen molar-refractivity contribution < 1.29 is 9.66 Å². The van der Waals surface area contributed by atoms with Gasteiger partial charge in [-0.05, 0) is 79.7 Å². The molecule has 8 nitrogen and oxygen atoms in total. The van der Waals surface area contributed by atoms with Crippen molar-refractivity contribution in [3.63, 3.8) is 0 Å². The maximum Gasteiger partial charge on any atom is 0.282 e. The lowest BCUT2D eigenvalue weighted by molar-refractivity contribution is -0.384. The third-order valence-electron chi connectivity index (χ3n) is 5.20. The second-order valence-corrected chi connectivity index (χ2v) is 10.5. The van der Waals surface area contributed by atoms with E-state index in [1.165, 1.54) is 16.8 Å². The third kappa shape index (κ3) is 5.91. The molecule has 0 radical (unpaired) electrons. The van der Waals surface area contributed by atoms with Gasteiger partial charge in [-0.15, -0.1) is 0 Å². The number of hydrogen-bond donors (Lipinski definition) is 0. The molecule has 36 heavy (non-hydrogen) atoms. The predicted octanol–water partition coefficient (Wildman–Crippen LogP) is 7.01. The second kappa shape index (κ2) is 11.4. The van der Waals surface area contributed by atoms with Crippen LogP contribution in [0.15, 0.2) is 77.9 Å². The van der Waals surface area contributed by atoms with Gasteiger partial charge in [0, 0.05) is 23.0 Å². The van der Waals surface area contributed by atoms with Crippen LogP contribution in [0.25, 0.3) is 10.9 Å². The van der Waals surface area contributed by atoms with Crippen molar-refractivity contribution in [3.05, 3.63) is 105 Å². The van der Waals surface area contributed by atoms with Gasteiger partial charge in [-0.2, -0.15) is 9.78 Å². The first-order valence-corrected chi connectivity index (χ1v) is 13.3. The van der Waals surface area contributed by atoms with E-state index in [4.69, 9.17) is 4.74 Å². The summed E-state index contributed by atoms with van der Waals surface area (Å²) in [6.45, 7) is 2.17. The second-order valence-electron chi connectivity index (χ2n) is 7.83. The number of nitro groups is 1. The number of aromatic nitrogens is 2. The molecule has 0 saturated carbocycles. The van der Waals surface area contributed by atoms with E-state index in [1.54, 1.807) is 24.4 Å². The molecule has 4 rings (SSSR count). The quantitative estimate of drug-likeness (QED) is 0.113. The Kier molecular flexibility index (Phi) is 8.32. The molecule has 184 valence electrons. The molecule has 0 aliphatic rings. The molecule has 0 unspecified atom stereocenters. The van der Waals surface area contributed by atoms with Gasteiger partial charge >= 0.3 is 0 Å². The maximum absolute atomic E-state index is 13.2. The average Bonchev–Trinajstić information content (AvgIpc) is 2.84. The summed E-state index contributed by atoms with van der Waals surface area (Å²) in [6.07, 6.45) is 3.01. The summed E-state index contributed by atoms with van der Waals surface area (Å²) < 4.78 is 9.35. The first-order chi connectivity index (χ1) is 17.3. The summed E-state index contributed by atoms with van der Waals surface area (Å²) in [7, 11) is 0. The fourth-order valence-electron chi connectivity index (χ4n) is 3.53. The zero-order chi connectivity index (χ0) is 25.8. The molecular formula is C25H19Br3N4O4. The Morgan fingerprint density at radius 2 is 1.86 bits per heavy atom. The van der Waals surface area contributed by atoms with Crippen molar-refractivity contribution in [2.45, 2.75) is 26.4 Å². The molecule has 4 aromatic rings. The first kappa shape index (κ1) is 26.2. The van der Waals surface area contributed by atoms with Gasteiger partial charge in [-0.3, -0.25) is 14.9 Å². The van der Waals surface area contributed by atoms with Gasteiger partial charge in [-0.25, -0.2) is 4.98 Å². The zero-order valence-corrected chi connectivity index (χ0v) is 23.7. The van der Waals surface area contributed by atoms with Gasteiger partial charge in [0.25, 0.3) is 11.2 Å². The van der Waals surface area contributed by atoms with Crippen molar-refractivity contribution in [1.82, 2.24) is 9.66 Å². The molecule has 0 aliphatic heterocycles. The highest BCUT2D eigenvalue weighted by Crippen LogP contribution is 2.35. The summed E-state index contributed by atoms with van der Waals surface area (Å²) >= 11 is 10.4. The molecule has 0 saturated heterocycles. The molecule has 0 aliphatic carbocycles. The maximum atomic E-state index is 13.2. The Labute approximate surface area is 231 Å². The van der Waals surface area contributed by atoms with E-state index < -0.39 is 4.92 Å². The van der Waals surface area contributed by atoms with Gasteiger partial charge in [0.1, 0.15) is 18.2 Å². The van der Waals surface area contributed by atoms with E-state index in [9.17, 15) is 14.9 Å². The first-order valence-electron chi connectivity index (χ1n) is 10.9. The largest absolute Gasteiger partial charge is 0.487 e. The monoisotopic (exact) mass is 676 g/mol. The molecule has 0 amide bonds. The van der Waals surface area contributed by atoms with Crippen LogP contribution < -0.4 is 10.3 Å². The minimum absolute atomic E-state index is 0.00835. The molecule has 3 aromatic carbocycles. The van der Waals surface area contributed by atoms with Gasteiger partial charge in [-0.1, -0.05) is 35.0 Å². The molecule has 0 bridgehead atoms. The van der Waals surface area contributed by atoms with Crippen LogP contribution in [0.2, 0.25) is 0 Å². The molecule has 1 heterocycles. The van der Waals surface area contributed by atoms with Crippen LogP contribution in [0.1, 0.15) is 30.3 Å². The van der Waals surface area contributed by atoms with Crippen LogP contribution in [0.3, 0.4) is 0 Å². The van der Waals surface area contributed by atoms with E-state index >= 15 is 0 Å². The number of fused-ring (bicyclic) bond motifs is 1. The van der Waals surface area contributed by atoms with Crippen LogP contribution in [-0.2, 0) is 13.0 Å². The molecule has 0 spiro atoms. The molecule has 0 fully saturated rings. The Balaban J connectivity index is 1.62. The Morgan fingerprint density at radius 3 is 2.56 bits per heavy atom. The summed E-state index contributed by atoms with van der Waals surface area (Å²) in [6, 6.07) is 15.3. The lowest BCUT2D eigenvalue weighted by Crippen LogP contribution is -2.22. The van der Waals surface area contributed by atoms with Gasteiger partial charge < -0.3 is 4.74 Å². The summed E-state index contributed by atoms with van der Waals surface area (Å²) in [5.41, 5.74) is 1.80. The summed E-state index contributed by atoms with van der Waals surface area (Å²) in [4.78, 5) is 28.4. The standard InChI is InChI=1S/C25H19Br3N4O4/c1-2-4-23-30-22-8-7-17(26)12-19(22)25(33)31(23)29-13-16-10-20(27)24(21(28)11-16)36-14-15-5-3-6-18(9-15)32(34)35/h3,5-13H,2,4,14H2,1H3. The fraction of sp³-hybridized carbons (Fsp3) is 0.160. The highest BCUT2D eigenvalue weighted by molar-refractivity contribution is 9.11. The van der Waals surface area contributed by atoms with Gasteiger partial charge in [0.05, 0.1) is 31.0 Å². The van der Waals surface area contributed by atoms with Gasteiger partial charge in [0.2, 0.25) is 0 Å². The highest BCUT2D eigenvalue weighted by atomic mass is 79.9. The van der Waals surface area contributed by atoms with E-state index in [-0.39, 0.29) is 17.9 Å². The molecule has 1 aromatic heterocycles. The molecule has 0 N–H and O–H groups in total. The van der Waals surface area contributed by atoms with Crippen molar-refractivity contribution >= 4 is 70.6 Å². The number of nitrogens with zero attached hydrogens (tertiary/aromatic N) is 4. The number of benzene rings is 3. The molecule has 11 heteroatoms. The summed E-state index contributed by atoms with van der Waals surface area (Å²) in [5.74, 6) is 1.13. The van der Waals surface area contributed by atoms with Crippen LogP contribution in [0.4, 0.5) is 5.69 Å². The van der Waals surface area contributed by atoms with E-state index in [0.717, 1.165) is 16.5 Å². The number of non-ortho nitro benzene ring substituents is 1. The minimum Gasteiger partial charge on any atom is -0.487 e.